The smallest absolute Gasteiger partial charge is 0.240 e. The summed E-state index contributed by atoms with van der Waals surface area (Å²) < 4.78 is 0. The van der Waals surface area contributed by atoms with Crippen molar-refractivity contribution in [2.45, 2.75) is 39.0 Å². The van der Waals surface area contributed by atoms with Gasteiger partial charge < -0.3 is 10.0 Å². The fraction of sp³-hybridized carbons (Fsp3) is 0.800. The fourth-order valence-electron chi connectivity index (χ4n) is 3.19. The second-order valence-corrected chi connectivity index (χ2v) is 5.63. The maximum atomic E-state index is 12.4. The van der Waals surface area contributed by atoms with Crippen LogP contribution in [0.5, 0.6) is 0 Å². The number of nitrogens with zero attached hydrogens (tertiary/aromatic N) is 2. The summed E-state index contributed by atoms with van der Waals surface area (Å²) in [6.07, 6.45) is 7.53. The fourth-order valence-corrected chi connectivity index (χ4v) is 3.19. The van der Waals surface area contributed by atoms with Crippen molar-refractivity contribution < 1.29 is 9.90 Å². The van der Waals surface area contributed by atoms with E-state index in [0.29, 0.717) is 12.5 Å². The summed E-state index contributed by atoms with van der Waals surface area (Å²) >= 11 is 0. The van der Waals surface area contributed by atoms with Crippen molar-refractivity contribution in [3.63, 3.8) is 0 Å². The second-order valence-electron chi connectivity index (χ2n) is 5.63. The van der Waals surface area contributed by atoms with Crippen LogP contribution in [0, 0.1) is 5.92 Å². The van der Waals surface area contributed by atoms with E-state index < -0.39 is 0 Å². The van der Waals surface area contributed by atoms with Crippen molar-refractivity contribution in [2.75, 3.05) is 32.8 Å². The van der Waals surface area contributed by atoms with Gasteiger partial charge in [0.2, 0.25) is 5.91 Å². The molecule has 0 spiro atoms. The van der Waals surface area contributed by atoms with E-state index in [1.807, 2.05) is 4.90 Å². The van der Waals surface area contributed by atoms with Gasteiger partial charge in [0.15, 0.2) is 0 Å². The van der Waals surface area contributed by atoms with E-state index in [-0.39, 0.29) is 12.5 Å². The molecule has 4 nitrogen and oxygen atoms in total. The Morgan fingerprint density at radius 2 is 2.42 bits per heavy atom. The van der Waals surface area contributed by atoms with Gasteiger partial charge in [0, 0.05) is 25.4 Å². The standard InChI is InChI=1S/C15H26N2O2/c1-2-17(14-5-3-4-6-14)15(19)12-16-9-7-13(11-16)8-10-18/h5,13,18H,2-4,6-12H2,1H3. The SMILES string of the molecule is CCN(C(=O)CN1CCC(CCO)C1)C1=CCCC1. The summed E-state index contributed by atoms with van der Waals surface area (Å²) in [4.78, 5) is 16.6. The van der Waals surface area contributed by atoms with Crippen LogP contribution in [0.1, 0.15) is 39.0 Å². The highest BCUT2D eigenvalue weighted by molar-refractivity contribution is 5.80. The minimum Gasteiger partial charge on any atom is -0.396 e. The molecule has 0 aromatic heterocycles. The van der Waals surface area contributed by atoms with Gasteiger partial charge in [-0.05, 0) is 51.5 Å². The average Bonchev–Trinajstić information content (AvgIpc) is 3.03. The molecule has 19 heavy (non-hydrogen) atoms. The average molecular weight is 266 g/mol. The molecule has 1 fully saturated rings. The first-order valence-corrected chi connectivity index (χ1v) is 7.57. The van der Waals surface area contributed by atoms with Gasteiger partial charge in [0.1, 0.15) is 0 Å². The van der Waals surface area contributed by atoms with Gasteiger partial charge in [-0.3, -0.25) is 9.69 Å². The third kappa shape index (κ3) is 3.80. The van der Waals surface area contributed by atoms with Crippen molar-refractivity contribution in [1.82, 2.24) is 9.80 Å². The number of rotatable bonds is 6. The number of aliphatic hydroxyl groups is 1. The zero-order valence-electron chi connectivity index (χ0n) is 12.0. The number of carbonyl (C=O) groups is 1. The quantitative estimate of drug-likeness (QED) is 0.794. The second kappa shape index (κ2) is 7.06. The number of likely N-dealkylation sites (N-methyl/N-ethyl adjacent to an activating group) is 1. The molecule has 0 radical (unpaired) electrons. The molecule has 108 valence electrons. The molecule has 0 aromatic carbocycles. The van der Waals surface area contributed by atoms with E-state index in [2.05, 4.69) is 17.9 Å². The maximum Gasteiger partial charge on any atom is 0.240 e. The van der Waals surface area contributed by atoms with Crippen molar-refractivity contribution in [1.29, 1.82) is 0 Å². The molecular formula is C15H26N2O2. The van der Waals surface area contributed by atoms with E-state index in [1.54, 1.807) is 0 Å². The molecule has 4 heteroatoms. The van der Waals surface area contributed by atoms with E-state index >= 15 is 0 Å². The number of hydrogen-bond donors (Lipinski definition) is 1. The lowest BCUT2D eigenvalue weighted by molar-refractivity contribution is -0.130. The lowest BCUT2D eigenvalue weighted by Crippen LogP contribution is -2.38. The molecule has 0 aromatic rings. The number of aliphatic hydroxyl groups excluding tert-OH is 1. The summed E-state index contributed by atoms with van der Waals surface area (Å²) in [5.74, 6) is 0.805. The van der Waals surface area contributed by atoms with Gasteiger partial charge in [-0.2, -0.15) is 0 Å². The highest BCUT2D eigenvalue weighted by Crippen LogP contribution is 2.23. The Hall–Kier alpha value is -0.870. The Balaban J connectivity index is 1.83. The van der Waals surface area contributed by atoms with Gasteiger partial charge in [0.25, 0.3) is 0 Å². The summed E-state index contributed by atoms with van der Waals surface area (Å²) in [6.45, 7) is 5.58. The molecule has 2 rings (SSSR count). The molecule has 1 unspecified atom stereocenters. The first kappa shape index (κ1) is 14.5. The normalized spacial score (nSPS) is 23.7. The Bertz CT molecular complexity index is 341. The number of amides is 1. The van der Waals surface area contributed by atoms with Crippen LogP contribution in [0.25, 0.3) is 0 Å². The maximum absolute atomic E-state index is 12.4. The lowest BCUT2D eigenvalue weighted by atomic mass is 10.1. The molecule has 0 saturated carbocycles. The van der Waals surface area contributed by atoms with Crippen molar-refractivity contribution in [2.24, 2.45) is 5.92 Å². The first-order chi connectivity index (χ1) is 9.24. The monoisotopic (exact) mass is 266 g/mol. The van der Waals surface area contributed by atoms with E-state index in [9.17, 15) is 4.79 Å². The molecule has 1 saturated heterocycles. The molecule has 1 N–H and O–H groups in total. The summed E-state index contributed by atoms with van der Waals surface area (Å²) in [6, 6.07) is 0. The van der Waals surface area contributed by atoms with Crippen LogP contribution in [0.3, 0.4) is 0 Å². The third-order valence-corrected chi connectivity index (χ3v) is 4.25. The van der Waals surface area contributed by atoms with Crippen LogP contribution in [0.2, 0.25) is 0 Å². The van der Waals surface area contributed by atoms with Gasteiger partial charge in [-0.25, -0.2) is 0 Å². The summed E-state index contributed by atoms with van der Waals surface area (Å²) in [5, 5.41) is 8.96. The highest BCUT2D eigenvalue weighted by atomic mass is 16.3. The van der Waals surface area contributed by atoms with Crippen LogP contribution in [-0.4, -0.2) is 53.6 Å². The van der Waals surface area contributed by atoms with Gasteiger partial charge >= 0.3 is 0 Å². The Morgan fingerprint density at radius 3 is 3.05 bits per heavy atom. The lowest BCUT2D eigenvalue weighted by Gasteiger charge is -2.25. The van der Waals surface area contributed by atoms with E-state index in [0.717, 1.165) is 45.3 Å². The molecule has 1 aliphatic heterocycles. The third-order valence-electron chi connectivity index (χ3n) is 4.25. The molecule has 1 heterocycles. The van der Waals surface area contributed by atoms with Crippen LogP contribution in [0.15, 0.2) is 11.8 Å². The molecule has 2 aliphatic rings. The topological polar surface area (TPSA) is 43.8 Å². The summed E-state index contributed by atoms with van der Waals surface area (Å²) in [7, 11) is 0. The predicted molar refractivity (Wildman–Crippen MR) is 75.6 cm³/mol. The number of likely N-dealkylation sites (tertiary alicyclic amines) is 1. The number of allylic oxidation sites excluding steroid dienone is 2. The van der Waals surface area contributed by atoms with Crippen molar-refractivity contribution >= 4 is 5.91 Å². The Labute approximate surface area is 116 Å². The summed E-state index contributed by atoms with van der Waals surface area (Å²) in [5.41, 5.74) is 1.22. The van der Waals surface area contributed by atoms with Crippen LogP contribution < -0.4 is 0 Å². The predicted octanol–water partition coefficient (Wildman–Crippen LogP) is 1.61. The number of hydrogen-bond acceptors (Lipinski definition) is 3. The van der Waals surface area contributed by atoms with Gasteiger partial charge in [0.05, 0.1) is 6.54 Å². The van der Waals surface area contributed by atoms with Gasteiger partial charge in [-0.15, -0.1) is 0 Å². The zero-order valence-corrected chi connectivity index (χ0v) is 12.0. The zero-order chi connectivity index (χ0) is 13.7. The van der Waals surface area contributed by atoms with E-state index in [4.69, 9.17) is 5.11 Å². The van der Waals surface area contributed by atoms with Crippen molar-refractivity contribution in [3.05, 3.63) is 11.8 Å². The molecule has 1 aliphatic carbocycles. The van der Waals surface area contributed by atoms with Crippen molar-refractivity contribution in [3.8, 4) is 0 Å². The van der Waals surface area contributed by atoms with Crippen LogP contribution in [-0.2, 0) is 4.79 Å². The Morgan fingerprint density at radius 1 is 1.58 bits per heavy atom. The van der Waals surface area contributed by atoms with Crippen LogP contribution in [0.4, 0.5) is 0 Å². The van der Waals surface area contributed by atoms with E-state index in [1.165, 1.54) is 12.1 Å². The molecule has 1 amide bonds. The molecule has 0 bridgehead atoms. The van der Waals surface area contributed by atoms with Gasteiger partial charge in [-0.1, -0.05) is 6.08 Å². The minimum atomic E-state index is 0.236. The highest BCUT2D eigenvalue weighted by Gasteiger charge is 2.26. The van der Waals surface area contributed by atoms with Crippen LogP contribution >= 0.6 is 0 Å². The molecule has 1 atom stereocenters. The number of carbonyl (C=O) groups excluding carboxylic acids is 1. The minimum absolute atomic E-state index is 0.236. The largest absolute Gasteiger partial charge is 0.396 e. The first-order valence-electron chi connectivity index (χ1n) is 7.57. The Kier molecular flexibility index (Phi) is 5.40. The molecular weight excluding hydrogens is 240 g/mol.